The Morgan fingerprint density at radius 1 is 1.60 bits per heavy atom. The largest absolute Gasteiger partial charge is 0.469 e. The summed E-state index contributed by atoms with van der Waals surface area (Å²) in [6, 6.07) is 2.10. The van der Waals surface area contributed by atoms with Crippen molar-refractivity contribution >= 4 is 0 Å². The van der Waals surface area contributed by atoms with Crippen molar-refractivity contribution < 1.29 is 4.42 Å². The second-order valence-electron chi connectivity index (χ2n) is 3.10. The Morgan fingerprint density at radius 3 is 3.30 bits per heavy atom. The van der Waals surface area contributed by atoms with Gasteiger partial charge in [0.15, 0.2) is 0 Å². The standard InChI is InChI=1S/C9H12O/c1-7-3-2-4-8-5-6-10-9(7)8/h5-7H,2-4H2,1H3/t7-/m1/s1. The SMILES string of the molecule is C[C@@H]1CCCc2ccoc21. The molecule has 1 heteroatoms. The zero-order valence-electron chi connectivity index (χ0n) is 6.26. The van der Waals surface area contributed by atoms with Crippen LogP contribution in [0.2, 0.25) is 0 Å². The van der Waals surface area contributed by atoms with E-state index in [-0.39, 0.29) is 0 Å². The van der Waals surface area contributed by atoms with Gasteiger partial charge >= 0.3 is 0 Å². The van der Waals surface area contributed by atoms with E-state index < -0.39 is 0 Å². The number of fused-ring (bicyclic) bond motifs is 1. The third kappa shape index (κ3) is 0.772. The van der Waals surface area contributed by atoms with Crippen LogP contribution in [0.5, 0.6) is 0 Å². The molecule has 0 spiro atoms. The molecule has 0 unspecified atom stereocenters. The highest BCUT2D eigenvalue weighted by Crippen LogP contribution is 2.31. The van der Waals surface area contributed by atoms with Crippen molar-refractivity contribution in [1.82, 2.24) is 0 Å². The highest BCUT2D eigenvalue weighted by atomic mass is 16.3. The topological polar surface area (TPSA) is 13.1 Å². The van der Waals surface area contributed by atoms with Gasteiger partial charge in [0.2, 0.25) is 0 Å². The van der Waals surface area contributed by atoms with Crippen molar-refractivity contribution in [3.63, 3.8) is 0 Å². The molecule has 0 saturated carbocycles. The lowest BCUT2D eigenvalue weighted by Crippen LogP contribution is -2.03. The van der Waals surface area contributed by atoms with E-state index in [4.69, 9.17) is 4.42 Å². The third-order valence-corrected chi connectivity index (χ3v) is 2.31. The molecule has 1 aliphatic carbocycles. The summed E-state index contributed by atoms with van der Waals surface area (Å²) < 4.78 is 5.37. The lowest BCUT2D eigenvalue weighted by molar-refractivity contribution is 0.432. The molecular weight excluding hydrogens is 124 g/mol. The predicted molar refractivity (Wildman–Crippen MR) is 40.1 cm³/mol. The quantitative estimate of drug-likeness (QED) is 0.534. The van der Waals surface area contributed by atoms with Gasteiger partial charge in [-0.25, -0.2) is 0 Å². The maximum Gasteiger partial charge on any atom is 0.109 e. The van der Waals surface area contributed by atoms with Crippen LogP contribution in [0.1, 0.15) is 37.0 Å². The van der Waals surface area contributed by atoms with Crippen molar-refractivity contribution in [2.45, 2.75) is 32.1 Å². The first kappa shape index (κ1) is 6.02. The molecule has 1 aromatic heterocycles. The number of hydrogen-bond donors (Lipinski definition) is 0. The van der Waals surface area contributed by atoms with E-state index in [9.17, 15) is 0 Å². The van der Waals surface area contributed by atoms with Crippen LogP contribution in [0.25, 0.3) is 0 Å². The fraction of sp³-hybridized carbons (Fsp3) is 0.556. The molecule has 0 N–H and O–H groups in total. The van der Waals surface area contributed by atoms with Gasteiger partial charge in [0.25, 0.3) is 0 Å². The molecular formula is C9H12O. The minimum atomic E-state index is 0.652. The van der Waals surface area contributed by atoms with Gasteiger partial charge in [-0.1, -0.05) is 6.92 Å². The van der Waals surface area contributed by atoms with Gasteiger partial charge < -0.3 is 4.42 Å². The molecule has 1 heterocycles. The summed E-state index contributed by atoms with van der Waals surface area (Å²) in [5.74, 6) is 1.88. The van der Waals surface area contributed by atoms with E-state index in [0.29, 0.717) is 5.92 Å². The highest BCUT2D eigenvalue weighted by Gasteiger charge is 2.18. The fourth-order valence-electron chi connectivity index (χ4n) is 1.72. The Kier molecular flexibility index (Phi) is 1.30. The van der Waals surface area contributed by atoms with E-state index >= 15 is 0 Å². The molecule has 1 atom stereocenters. The zero-order chi connectivity index (χ0) is 6.97. The van der Waals surface area contributed by atoms with Crippen molar-refractivity contribution in [2.75, 3.05) is 0 Å². The molecule has 2 rings (SSSR count). The molecule has 54 valence electrons. The van der Waals surface area contributed by atoms with Gasteiger partial charge in [-0.3, -0.25) is 0 Å². The Bertz CT molecular complexity index is 224. The van der Waals surface area contributed by atoms with Gasteiger partial charge in [0.1, 0.15) is 5.76 Å². The molecule has 10 heavy (non-hydrogen) atoms. The Morgan fingerprint density at radius 2 is 2.50 bits per heavy atom. The van der Waals surface area contributed by atoms with E-state index in [1.165, 1.54) is 30.6 Å². The minimum absolute atomic E-state index is 0.652. The number of hydrogen-bond acceptors (Lipinski definition) is 1. The number of furan rings is 1. The summed E-state index contributed by atoms with van der Waals surface area (Å²) in [6.07, 6.45) is 5.65. The summed E-state index contributed by atoms with van der Waals surface area (Å²) in [5.41, 5.74) is 1.43. The number of aryl methyl sites for hydroxylation is 1. The Hall–Kier alpha value is -0.720. The lowest BCUT2D eigenvalue weighted by atomic mass is 9.90. The van der Waals surface area contributed by atoms with Crippen LogP contribution >= 0.6 is 0 Å². The van der Waals surface area contributed by atoms with Crippen LogP contribution in [0.15, 0.2) is 16.7 Å². The van der Waals surface area contributed by atoms with Crippen LogP contribution in [-0.4, -0.2) is 0 Å². The summed E-state index contributed by atoms with van der Waals surface area (Å²) in [5, 5.41) is 0. The molecule has 1 nitrogen and oxygen atoms in total. The molecule has 0 bridgehead atoms. The monoisotopic (exact) mass is 136 g/mol. The number of rotatable bonds is 0. The van der Waals surface area contributed by atoms with Crippen molar-refractivity contribution in [3.05, 3.63) is 23.7 Å². The van der Waals surface area contributed by atoms with Gasteiger partial charge in [-0.05, 0) is 30.9 Å². The highest BCUT2D eigenvalue weighted by molar-refractivity contribution is 5.22. The van der Waals surface area contributed by atoms with Crippen LogP contribution in [-0.2, 0) is 6.42 Å². The first-order valence-electron chi connectivity index (χ1n) is 3.94. The summed E-state index contributed by atoms with van der Waals surface area (Å²) in [4.78, 5) is 0. The van der Waals surface area contributed by atoms with E-state index in [0.717, 1.165) is 0 Å². The summed E-state index contributed by atoms with van der Waals surface area (Å²) in [7, 11) is 0. The first-order valence-corrected chi connectivity index (χ1v) is 3.94. The second kappa shape index (κ2) is 2.15. The zero-order valence-corrected chi connectivity index (χ0v) is 6.26. The fourth-order valence-corrected chi connectivity index (χ4v) is 1.72. The molecule has 0 radical (unpaired) electrons. The molecule has 0 aliphatic heterocycles. The van der Waals surface area contributed by atoms with Gasteiger partial charge in [-0.2, -0.15) is 0 Å². The average Bonchev–Trinajstić information content (AvgIpc) is 2.36. The first-order chi connectivity index (χ1) is 4.88. The predicted octanol–water partition coefficient (Wildman–Crippen LogP) is 2.72. The smallest absolute Gasteiger partial charge is 0.109 e. The molecule has 0 aromatic carbocycles. The Balaban J connectivity index is 2.41. The van der Waals surface area contributed by atoms with Crippen molar-refractivity contribution in [3.8, 4) is 0 Å². The van der Waals surface area contributed by atoms with Crippen LogP contribution in [0.3, 0.4) is 0 Å². The van der Waals surface area contributed by atoms with Gasteiger partial charge in [-0.15, -0.1) is 0 Å². The Labute approximate surface area is 61.0 Å². The van der Waals surface area contributed by atoms with Crippen LogP contribution in [0, 0.1) is 0 Å². The van der Waals surface area contributed by atoms with Crippen LogP contribution in [0.4, 0.5) is 0 Å². The van der Waals surface area contributed by atoms with E-state index in [1.807, 2.05) is 6.26 Å². The van der Waals surface area contributed by atoms with Crippen molar-refractivity contribution in [2.24, 2.45) is 0 Å². The second-order valence-corrected chi connectivity index (χ2v) is 3.10. The third-order valence-electron chi connectivity index (χ3n) is 2.31. The molecule has 1 aliphatic rings. The lowest BCUT2D eigenvalue weighted by Gasteiger charge is -2.15. The van der Waals surface area contributed by atoms with E-state index in [1.54, 1.807) is 0 Å². The normalized spacial score (nSPS) is 24.3. The van der Waals surface area contributed by atoms with Gasteiger partial charge in [0, 0.05) is 5.92 Å². The minimum Gasteiger partial charge on any atom is -0.469 e. The molecule has 0 saturated heterocycles. The molecule has 0 amide bonds. The summed E-state index contributed by atoms with van der Waals surface area (Å²) in [6.45, 7) is 2.24. The van der Waals surface area contributed by atoms with E-state index in [2.05, 4.69) is 13.0 Å². The van der Waals surface area contributed by atoms with Gasteiger partial charge in [0.05, 0.1) is 6.26 Å². The maximum atomic E-state index is 5.37. The van der Waals surface area contributed by atoms with Crippen LogP contribution < -0.4 is 0 Å². The summed E-state index contributed by atoms with van der Waals surface area (Å²) >= 11 is 0. The molecule has 1 aromatic rings. The molecule has 0 fully saturated rings. The maximum absolute atomic E-state index is 5.37. The van der Waals surface area contributed by atoms with Crippen molar-refractivity contribution in [1.29, 1.82) is 0 Å². The average molecular weight is 136 g/mol.